The van der Waals surface area contributed by atoms with E-state index in [9.17, 15) is 4.79 Å². The molecular weight excluding hydrogens is 406 g/mol. The lowest BCUT2D eigenvalue weighted by molar-refractivity contribution is -0.116. The molecule has 7 nitrogen and oxygen atoms in total. The molecule has 0 saturated carbocycles. The van der Waals surface area contributed by atoms with Gasteiger partial charge in [0.1, 0.15) is 5.69 Å². The van der Waals surface area contributed by atoms with Gasteiger partial charge in [0.05, 0.1) is 19.8 Å². The zero-order valence-corrected chi connectivity index (χ0v) is 17.9. The predicted molar refractivity (Wildman–Crippen MR) is 122 cm³/mol. The lowest BCUT2D eigenvalue weighted by atomic mass is 10.0. The maximum absolute atomic E-state index is 12.7. The van der Waals surface area contributed by atoms with E-state index in [1.54, 1.807) is 32.7 Å². The highest BCUT2D eigenvalue weighted by atomic mass is 16.5. The van der Waals surface area contributed by atoms with E-state index in [1.807, 2.05) is 54.6 Å². The van der Waals surface area contributed by atoms with Crippen LogP contribution in [0.4, 0.5) is 5.88 Å². The first kappa shape index (κ1) is 21.1. The molecule has 2 heterocycles. The van der Waals surface area contributed by atoms with Crippen LogP contribution in [0.15, 0.2) is 77.6 Å². The Balaban J connectivity index is 1.65. The zero-order chi connectivity index (χ0) is 22.3. The number of rotatable bonds is 8. The highest BCUT2D eigenvalue weighted by Crippen LogP contribution is 2.40. The van der Waals surface area contributed by atoms with Gasteiger partial charge in [0.25, 0.3) is 0 Å². The van der Waals surface area contributed by atoms with Gasteiger partial charge < -0.3 is 14.0 Å². The fourth-order valence-corrected chi connectivity index (χ4v) is 3.43. The van der Waals surface area contributed by atoms with Crippen LogP contribution in [0.25, 0.3) is 22.4 Å². The third-order valence-corrected chi connectivity index (χ3v) is 5.05. The topological polar surface area (TPSA) is 86.5 Å². The first-order valence-corrected chi connectivity index (χ1v) is 10.2. The van der Waals surface area contributed by atoms with Gasteiger partial charge in [-0.3, -0.25) is 15.1 Å². The van der Waals surface area contributed by atoms with E-state index in [0.717, 1.165) is 16.7 Å². The van der Waals surface area contributed by atoms with E-state index in [4.69, 9.17) is 14.0 Å². The summed E-state index contributed by atoms with van der Waals surface area (Å²) in [7, 11) is 3.16. The highest BCUT2D eigenvalue weighted by Gasteiger charge is 2.22. The molecule has 32 heavy (non-hydrogen) atoms. The largest absolute Gasteiger partial charge is 0.493 e. The Morgan fingerprint density at radius 1 is 0.938 bits per heavy atom. The number of nitrogens with one attached hydrogen (secondary N) is 1. The molecule has 0 spiro atoms. The average molecular weight is 429 g/mol. The lowest BCUT2D eigenvalue weighted by Crippen LogP contribution is -2.12. The van der Waals surface area contributed by atoms with Crippen LogP contribution >= 0.6 is 0 Å². The average Bonchev–Trinajstić information content (AvgIpc) is 3.26. The predicted octanol–water partition coefficient (Wildman–Crippen LogP) is 4.99. The van der Waals surface area contributed by atoms with Gasteiger partial charge >= 0.3 is 0 Å². The molecule has 0 radical (unpaired) electrons. The minimum Gasteiger partial charge on any atom is -0.493 e. The summed E-state index contributed by atoms with van der Waals surface area (Å²) >= 11 is 0. The summed E-state index contributed by atoms with van der Waals surface area (Å²) in [6, 6.07) is 19.0. The Morgan fingerprint density at radius 2 is 1.69 bits per heavy atom. The van der Waals surface area contributed by atoms with Crippen LogP contribution < -0.4 is 14.8 Å². The number of amides is 1. The fourth-order valence-electron chi connectivity index (χ4n) is 3.43. The maximum Gasteiger partial charge on any atom is 0.239 e. The standard InChI is InChI=1S/C25H23N3O4/c1-30-20-10-9-19(16-21(20)31-2)24-23(18-12-14-26-15-13-18)25(32-28-24)27-22(29)11-8-17-6-4-3-5-7-17/h3-7,9-10,12-16H,8,11H2,1-2H3,(H,27,29). The number of hydrogen-bond acceptors (Lipinski definition) is 6. The van der Waals surface area contributed by atoms with Crippen LogP contribution in [-0.2, 0) is 11.2 Å². The fraction of sp³-hybridized carbons (Fsp3) is 0.160. The summed E-state index contributed by atoms with van der Waals surface area (Å²) < 4.78 is 16.3. The van der Waals surface area contributed by atoms with Crippen molar-refractivity contribution in [2.75, 3.05) is 19.5 Å². The summed E-state index contributed by atoms with van der Waals surface area (Å²) in [5, 5.41) is 7.13. The third-order valence-electron chi connectivity index (χ3n) is 5.05. The molecule has 1 amide bonds. The summed E-state index contributed by atoms with van der Waals surface area (Å²) in [6.07, 6.45) is 4.32. The molecule has 2 aromatic heterocycles. The highest BCUT2D eigenvalue weighted by molar-refractivity contribution is 5.97. The van der Waals surface area contributed by atoms with Crippen LogP contribution in [0.2, 0.25) is 0 Å². The molecular formula is C25H23N3O4. The normalized spacial score (nSPS) is 10.6. The Hall–Kier alpha value is -4.13. The summed E-state index contributed by atoms with van der Waals surface area (Å²) in [5.74, 6) is 1.32. The molecule has 0 unspecified atom stereocenters. The van der Waals surface area contributed by atoms with Crippen LogP contribution in [0.1, 0.15) is 12.0 Å². The van der Waals surface area contributed by atoms with Gasteiger partial charge in [-0.05, 0) is 47.9 Å². The lowest BCUT2D eigenvalue weighted by Gasteiger charge is -2.10. The number of ether oxygens (including phenoxy) is 2. The number of carbonyl (C=O) groups excluding carboxylic acids is 1. The number of methoxy groups -OCH3 is 2. The summed E-state index contributed by atoms with van der Waals surface area (Å²) in [5.41, 5.74) is 3.94. The molecule has 7 heteroatoms. The van der Waals surface area contributed by atoms with Crippen LogP contribution in [0, 0.1) is 0 Å². The van der Waals surface area contributed by atoms with E-state index >= 15 is 0 Å². The number of anilines is 1. The van der Waals surface area contributed by atoms with Gasteiger partial charge in [-0.25, -0.2) is 0 Å². The smallest absolute Gasteiger partial charge is 0.239 e. The van der Waals surface area contributed by atoms with E-state index in [2.05, 4.69) is 15.5 Å². The molecule has 0 aliphatic heterocycles. The van der Waals surface area contributed by atoms with E-state index in [-0.39, 0.29) is 5.91 Å². The molecule has 162 valence electrons. The molecule has 0 atom stereocenters. The van der Waals surface area contributed by atoms with Crippen LogP contribution in [-0.4, -0.2) is 30.3 Å². The Bertz CT molecular complexity index is 1190. The second-order valence-corrected chi connectivity index (χ2v) is 7.07. The van der Waals surface area contributed by atoms with Crippen molar-refractivity contribution in [2.24, 2.45) is 0 Å². The van der Waals surface area contributed by atoms with Gasteiger partial charge in [-0.2, -0.15) is 0 Å². The second-order valence-electron chi connectivity index (χ2n) is 7.07. The van der Waals surface area contributed by atoms with Gasteiger partial charge in [0.15, 0.2) is 11.5 Å². The van der Waals surface area contributed by atoms with Crippen LogP contribution in [0.3, 0.4) is 0 Å². The molecule has 0 aliphatic rings. The van der Waals surface area contributed by atoms with E-state index in [1.165, 1.54) is 0 Å². The summed E-state index contributed by atoms with van der Waals surface area (Å²) in [6.45, 7) is 0. The molecule has 1 N–H and O–H groups in total. The number of aromatic nitrogens is 2. The number of benzene rings is 2. The van der Waals surface area contributed by atoms with Gasteiger partial charge in [-0.15, -0.1) is 0 Å². The monoisotopic (exact) mass is 429 g/mol. The summed E-state index contributed by atoms with van der Waals surface area (Å²) in [4.78, 5) is 16.7. The molecule has 0 fully saturated rings. The molecule has 4 aromatic rings. The molecule has 4 rings (SSSR count). The van der Waals surface area contributed by atoms with Gasteiger partial charge in [0, 0.05) is 24.4 Å². The van der Waals surface area contributed by atoms with Crippen molar-refractivity contribution < 1.29 is 18.8 Å². The van der Waals surface area contributed by atoms with Crippen molar-refractivity contribution in [3.63, 3.8) is 0 Å². The molecule has 0 saturated heterocycles. The SMILES string of the molecule is COc1ccc(-c2noc(NC(=O)CCc3ccccc3)c2-c2ccncc2)cc1OC. The maximum atomic E-state index is 12.7. The van der Waals surface area contributed by atoms with Crippen molar-refractivity contribution in [3.8, 4) is 33.9 Å². The Kier molecular flexibility index (Phi) is 6.46. The Morgan fingerprint density at radius 3 is 2.41 bits per heavy atom. The van der Waals surface area contributed by atoms with Crippen LogP contribution in [0.5, 0.6) is 11.5 Å². The van der Waals surface area contributed by atoms with Crippen molar-refractivity contribution in [2.45, 2.75) is 12.8 Å². The van der Waals surface area contributed by atoms with E-state index < -0.39 is 0 Å². The van der Waals surface area contributed by atoms with Gasteiger partial charge in [-0.1, -0.05) is 35.5 Å². The molecule has 0 bridgehead atoms. The third kappa shape index (κ3) is 4.62. The molecule has 0 aliphatic carbocycles. The van der Waals surface area contributed by atoms with Crippen molar-refractivity contribution in [3.05, 3.63) is 78.6 Å². The molecule has 2 aromatic carbocycles. The first-order valence-electron chi connectivity index (χ1n) is 10.2. The number of pyridine rings is 1. The van der Waals surface area contributed by atoms with E-state index in [0.29, 0.717) is 41.5 Å². The van der Waals surface area contributed by atoms with Crippen molar-refractivity contribution in [1.29, 1.82) is 0 Å². The number of aryl methyl sites for hydroxylation is 1. The number of hydrogen-bond donors (Lipinski definition) is 1. The minimum atomic E-state index is -0.154. The number of nitrogens with zero attached hydrogens (tertiary/aromatic N) is 2. The Labute approximate surface area is 186 Å². The van der Waals surface area contributed by atoms with Gasteiger partial charge in [0.2, 0.25) is 11.8 Å². The second kappa shape index (κ2) is 9.78. The quantitative estimate of drug-likeness (QED) is 0.425. The first-order chi connectivity index (χ1) is 15.7. The zero-order valence-electron chi connectivity index (χ0n) is 17.9. The van der Waals surface area contributed by atoms with Crippen molar-refractivity contribution >= 4 is 11.8 Å². The minimum absolute atomic E-state index is 0.154. The van der Waals surface area contributed by atoms with Crippen molar-refractivity contribution in [1.82, 2.24) is 10.1 Å². The number of carbonyl (C=O) groups is 1.